The van der Waals surface area contributed by atoms with E-state index in [0.29, 0.717) is 61.7 Å². The van der Waals surface area contributed by atoms with Crippen molar-refractivity contribution in [2.24, 2.45) is 0 Å². The molecule has 1 saturated heterocycles. The molecule has 4 rings (SSSR count). The van der Waals surface area contributed by atoms with Crippen molar-refractivity contribution in [2.75, 3.05) is 13.1 Å². The number of ether oxygens (including phenoxy) is 2. The molecule has 1 atom stereocenters. The van der Waals surface area contributed by atoms with Gasteiger partial charge in [0.05, 0.1) is 16.5 Å². The van der Waals surface area contributed by atoms with Crippen molar-refractivity contribution in [3.63, 3.8) is 0 Å². The van der Waals surface area contributed by atoms with E-state index in [4.69, 9.17) is 21.1 Å². The molecule has 0 spiro atoms. The summed E-state index contributed by atoms with van der Waals surface area (Å²) in [7, 11) is 0. The van der Waals surface area contributed by atoms with Crippen LogP contribution in [-0.4, -0.2) is 52.3 Å². The van der Waals surface area contributed by atoms with E-state index in [-0.39, 0.29) is 11.9 Å². The average Bonchev–Trinajstić information content (AvgIpc) is 2.88. The van der Waals surface area contributed by atoms with E-state index in [2.05, 4.69) is 5.32 Å². The number of nitrogens with zero attached hydrogens (tertiary/aromatic N) is 1. The van der Waals surface area contributed by atoms with E-state index < -0.39 is 23.2 Å². The number of likely N-dealkylation sites (tertiary alicyclic amines) is 1. The topological polar surface area (TPSA) is 88.1 Å². The van der Waals surface area contributed by atoms with Crippen LogP contribution in [0.1, 0.15) is 82.8 Å². The average molecular weight is 557 g/mol. The third-order valence-corrected chi connectivity index (χ3v) is 7.85. The number of nitrogens with one attached hydrogen (secondary N) is 1. The Bertz CT molecular complexity index is 1120. The number of piperidine rings is 1. The van der Waals surface area contributed by atoms with Gasteiger partial charge in [0.1, 0.15) is 18.0 Å². The van der Waals surface area contributed by atoms with E-state index in [9.17, 15) is 14.7 Å². The van der Waals surface area contributed by atoms with Crippen molar-refractivity contribution in [1.29, 1.82) is 0 Å². The molecule has 2 aromatic carbocycles. The predicted octanol–water partition coefficient (Wildman–Crippen LogP) is 6.21. The van der Waals surface area contributed by atoms with Crippen molar-refractivity contribution in [1.82, 2.24) is 10.2 Å². The van der Waals surface area contributed by atoms with Crippen molar-refractivity contribution < 1.29 is 24.2 Å². The summed E-state index contributed by atoms with van der Waals surface area (Å²) in [5.41, 5.74) is 0.0472. The molecule has 2 aliphatic rings. The van der Waals surface area contributed by atoms with Gasteiger partial charge in [0, 0.05) is 19.1 Å². The van der Waals surface area contributed by atoms with E-state index in [1.807, 2.05) is 62.1 Å². The quantitative estimate of drug-likeness (QED) is 0.423. The molecule has 2 fully saturated rings. The van der Waals surface area contributed by atoms with Gasteiger partial charge in [-0.2, -0.15) is 0 Å². The van der Waals surface area contributed by atoms with Gasteiger partial charge in [-0.05, 0) is 69.7 Å². The number of carbonyl (C=O) groups is 2. The molecule has 0 radical (unpaired) electrons. The minimum Gasteiger partial charge on any atom is -0.487 e. The maximum atomic E-state index is 14.0. The minimum absolute atomic E-state index is 0.0596. The third kappa shape index (κ3) is 7.89. The summed E-state index contributed by atoms with van der Waals surface area (Å²) in [6.07, 6.45) is 4.78. The zero-order valence-electron chi connectivity index (χ0n) is 23.2. The molecule has 1 saturated carbocycles. The summed E-state index contributed by atoms with van der Waals surface area (Å²) in [5.74, 6) is -0.266. The molecule has 2 aromatic rings. The lowest BCUT2D eigenvalue weighted by Crippen LogP contribution is -2.52. The molecule has 1 aliphatic carbocycles. The molecule has 212 valence electrons. The molecule has 1 heterocycles. The van der Waals surface area contributed by atoms with Crippen LogP contribution < -0.4 is 10.1 Å². The van der Waals surface area contributed by atoms with Crippen LogP contribution in [0, 0.1) is 0 Å². The van der Waals surface area contributed by atoms with Gasteiger partial charge in [-0.15, -0.1) is 0 Å². The smallest absolute Gasteiger partial charge is 0.407 e. The molecule has 2 amide bonds. The van der Waals surface area contributed by atoms with E-state index in [1.54, 1.807) is 12.1 Å². The number of rotatable bonds is 7. The Morgan fingerprint density at radius 1 is 1.08 bits per heavy atom. The highest BCUT2D eigenvalue weighted by Gasteiger charge is 2.45. The fourth-order valence-corrected chi connectivity index (χ4v) is 5.83. The zero-order chi connectivity index (χ0) is 28.0. The minimum atomic E-state index is -1.13. The van der Waals surface area contributed by atoms with Gasteiger partial charge in [0.25, 0.3) is 0 Å². The first-order valence-electron chi connectivity index (χ1n) is 14.0. The first kappa shape index (κ1) is 29.2. The predicted molar refractivity (Wildman–Crippen MR) is 152 cm³/mol. The SMILES string of the molecule is CC(C)(C)OC(=O)NC1CCN(C(=O)C(c2ccc(OCc3ccccc3)c(Cl)c2)C2(O)CCCCC2)CC1. The Kier molecular flexibility index (Phi) is 9.44. The van der Waals surface area contributed by atoms with Crippen molar-refractivity contribution in [3.05, 3.63) is 64.7 Å². The fraction of sp³-hybridized carbons (Fsp3) is 0.548. The van der Waals surface area contributed by atoms with E-state index in [1.165, 1.54) is 0 Å². The lowest BCUT2D eigenvalue weighted by molar-refractivity contribution is -0.142. The van der Waals surface area contributed by atoms with Crippen LogP contribution in [0.25, 0.3) is 0 Å². The Labute approximate surface area is 236 Å². The summed E-state index contributed by atoms with van der Waals surface area (Å²) in [5, 5.41) is 15.1. The Morgan fingerprint density at radius 3 is 2.36 bits per heavy atom. The molecule has 7 nitrogen and oxygen atoms in total. The first-order valence-corrected chi connectivity index (χ1v) is 14.4. The zero-order valence-corrected chi connectivity index (χ0v) is 24.0. The number of carbonyl (C=O) groups excluding carboxylic acids is 2. The molecule has 1 unspecified atom stereocenters. The summed E-state index contributed by atoms with van der Waals surface area (Å²) in [4.78, 5) is 28.0. The largest absolute Gasteiger partial charge is 0.487 e. The molecular formula is C31H41ClN2O5. The second kappa shape index (κ2) is 12.6. The van der Waals surface area contributed by atoms with Crippen molar-refractivity contribution in [3.8, 4) is 5.75 Å². The third-order valence-electron chi connectivity index (χ3n) is 7.56. The van der Waals surface area contributed by atoms with Crippen LogP contribution in [0.15, 0.2) is 48.5 Å². The van der Waals surface area contributed by atoms with Crippen LogP contribution in [0.4, 0.5) is 4.79 Å². The molecule has 0 bridgehead atoms. The molecule has 2 N–H and O–H groups in total. The lowest BCUT2D eigenvalue weighted by Gasteiger charge is -2.42. The van der Waals surface area contributed by atoms with Crippen LogP contribution in [0.3, 0.4) is 0 Å². The second-order valence-electron chi connectivity index (χ2n) is 11.8. The maximum Gasteiger partial charge on any atom is 0.407 e. The van der Waals surface area contributed by atoms with Gasteiger partial charge in [0.2, 0.25) is 5.91 Å². The van der Waals surface area contributed by atoms with E-state index >= 15 is 0 Å². The van der Waals surface area contributed by atoms with Crippen LogP contribution in [-0.2, 0) is 16.1 Å². The standard InChI is InChI=1S/C31H41ClN2O5/c1-30(2,3)39-29(36)33-24-14-18-34(19-15-24)28(35)27(31(37)16-8-5-9-17-31)23-12-13-26(25(32)20-23)38-21-22-10-6-4-7-11-22/h4,6-7,10-13,20,24,27,37H,5,8-9,14-19,21H2,1-3H3,(H,33,36). The number of alkyl carbamates (subject to hydrolysis) is 1. The van der Waals surface area contributed by atoms with Gasteiger partial charge in [-0.3, -0.25) is 4.79 Å². The van der Waals surface area contributed by atoms with E-state index in [0.717, 1.165) is 24.8 Å². The van der Waals surface area contributed by atoms with Gasteiger partial charge in [-0.25, -0.2) is 4.79 Å². The van der Waals surface area contributed by atoms with Crippen LogP contribution >= 0.6 is 11.6 Å². The second-order valence-corrected chi connectivity index (χ2v) is 12.2. The normalized spacial score (nSPS) is 18.7. The fourth-order valence-electron chi connectivity index (χ4n) is 5.59. The number of aliphatic hydroxyl groups is 1. The van der Waals surface area contributed by atoms with Crippen molar-refractivity contribution >= 4 is 23.6 Å². The molecule has 8 heteroatoms. The Hall–Kier alpha value is -2.77. The molecular weight excluding hydrogens is 516 g/mol. The molecule has 1 aliphatic heterocycles. The first-order chi connectivity index (χ1) is 18.5. The van der Waals surface area contributed by atoms with Crippen molar-refractivity contribution in [2.45, 2.75) is 95.5 Å². The Balaban J connectivity index is 1.47. The monoisotopic (exact) mass is 556 g/mol. The summed E-state index contributed by atoms with van der Waals surface area (Å²) >= 11 is 6.64. The number of amides is 2. The molecule has 0 aromatic heterocycles. The highest BCUT2D eigenvalue weighted by molar-refractivity contribution is 6.32. The lowest BCUT2D eigenvalue weighted by atomic mass is 9.72. The Morgan fingerprint density at radius 2 is 1.74 bits per heavy atom. The summed E-state index contributed by atoms with van der Waals surface area (Å²) in [6, 6.07) is 15.2. The van der Waals surface area contributed by atoms with Gasteiger partial charge < -0.3 is 24.8 Å². The van der Waals surface area contributed by atoms with Crippen LogP contribution in [0.2, 0.25) is 5.02 Å². The molecule has 39 heavy (non-hydrogen) atoms. The van der Waals surface area contributed by atoms with Gasteiger partial charge in [-0.1, -0.05) is 67.3 Å². The number of hydrogen-bond donors (Lipinski definition) is 2. The van der Waals surface area contributed by atoms with Crippen LogP contribution in [0.5, 0.6) is 5.75 Å². The van der Waals surface area contributed by atoms with Gasteiger partial charge in [0.15, 0.2) is 0 Å². The highest BCUT2D eigenvalue weighted by atomic mass is 35.5. The van der Waals surface area contributed by atoms with Gasteiger partial charge >= 0.3 is 6.09 Å². The number of hydrogen-bond acceptors (Lipinski definition) is 5. The maximum absolute atomic E-state index is 14.0. The number of halogens is 1. The summed E-state index contributed by atoms with van der Waals surface area (Å²) in [6.45, 7) is 6.88. The highest BCUT2D eigenvalue weighted by Crippen LogP contribution is 2.43. The summed E-state index contributed by atoms with van der Waals surface area (Å²) < 4.78 is 11.3. The number of benzene rings is 2.